The molecular formula is C19H24N2O2. The molecule has 5 rings (SSSR count). The van der Waals surface area contributed by atoms with E-state index in [0.717, 1.165) is 12.5 Å². The van der Waals surface area contributed by atoms with Crippen LogP contribution in [0.2, 0.25) is 0 Å². The summed E-state index contributed by atoms with van der Waals surface area (Å²) in [5.74, 6) is 0.600. The van der Waals surface area contributed by atoms with E-state index in [1.54, 1.807) is 0 Å². The van der Waals surface area contributed by atoms with E-state index in [9.17, 15) is 4.79 Å². The normalized spacial score (nSPS) is 26.7. The van der Waals surface area contributed by atoms with E-state index in [-0.39, 0.29) is 6.42 Å². The second kappa shape index (κ2) is 5.68. The fourth-order valence-electron chi connectivity index (χ4n) is 4.73. The molecule has 1 unspecified atom stereocenters. The van der Waals surface area contributed by atoms with E-state index in [0.29, 0.717) is 12.3 Å². The number of carbonyl (C=O) groups is 1. The van der Waals surface area contributed by atoms with Crippen molar-refractivity contribution in [1.82, 2.24) is 9.47 Å². The quantitative estimate of drug-likeness (QED) is 0.944. The number of aryl methyl sites for hydroxylation is 2. The Morgan fingerprint density at radius 3 is 2.65 bits per heavy atom. The highest BCUT2D eigenvalue weighted by Gasteiger charge is 2.37. The number of hydrogen-bond acceptors (Lipinski definition) is 2. The van der Waals surface area contributed by atoms with Gasteiger partial charge in [0.05, 0.1) is 0 Å². The van der Waals surface area contributed by atoms with Crippen molar-refractivity contribution in [2.75, 3.05) is 19.6 Å². The van der Waals surface area contributed by atoms with Gasteiger partial charge in [0.15, 0.2) is 0 Å². The van der Waals surface area contributed by atoms with Gasteiger partial charge in [-0.25, -0.2) is 0 Å². The molecule has 1 N–H and O–H groups in total. The van der Waals surface area contributed by atoms with Crippen LogP contribution in [0.3, 0.4) is 0 Å². The predicted octanol–water partition coefficient (Wildman–Crippen LogP) is 3.00. The number of benzene rings is 1. The Morgan fingerprint density at radius 1 is 1.26 bits per heavy atom. The summed E-state index contributed by atoms with van der Waals surface area (Å²) in [6, 6.07) is 8.44. The summed E-state index contributed by atoms with van der Waals surface area (Å²) in [5, 5.41) is 10.4. The molecule has 4 heterocycles. The zero-order valence-corrected chi connectivity index (χ0v) is 13.7. The number of fused-ring (bicyclic) bond motifs is 4. The van der Waals surface area contributed by atoms with Gasteiger partial charge in [-0.05, 0) is 49.9 Å². The van der Waals surface area contributed by atoms with Crippen molar-refractivity contribution in [3.63, 3.8) is 0 Å². The van der Waals surface area contributed by atoms with Crippen molar-refractivity contribution in [1.29, 1.82) is 0 Å². The maximum Gasteiger partial charge on any atom is 0.303 e. The molecule has 4 nitrogen and oxygen atoms in total. The molecule has 0 amide bonds. The number of aliphatic carboxylic acids is 1. The molecule has 0 saturated carbocycles. The second-order valence-corrected chi connectivity index (χ2v) is 7.08. The van der Waals surface area contributed by atoms with Gasteiger partial charge in [-0.15, -0.1) is 0 Å². The lowest BCUT2D eigenvalue weighted by Gasteiger charge is -2.45. The van der Waals surface area contributed by atoms with Crippen LogP contribution >= 0.6 is 0 Å². The van der Waals surface area contributed by atoms with Crippen LogP contribution in [0.5, 0.6) is 0 Å². The lowest BCUT2D eigenvalue weighted by atomic mass is 9.76. The number of rotatable bonds is 4. The van der Waals surface area contributed by atoms with Crippen molar-refractivity contribution in [2.45, 2.75) is 31.6 Å². The number of nitrogens with zero attached hydrogens (tertiary/aromatic N) is 2. The van der Waals surface area contributed by atoms with Gasteiger partial charge in [0.1, 0.15) is 0 Å². The highest BCUT2D eigenvalue weighted by atomic mass is 16.4. The molecule has 3 saturated heterocycles. The van der Waals surface area contributed by atoms with Gasteiger partial charge in [-0.1, -0.05) is 18.2 Å². The van der Waals surface area contributed by atoms with E-state index >= 15 is 0 Å². The van der Waals surface area contributed by atoms with E-state index in [4.69, 9.17) is 5.11 Å². The minimum atomic E-state index is -0.710. The molecule has 3 aliphatic heterocycles. The maximum atomic E-state index is 11.1. The Kier molecular flexibility index (Phi) is 3.64. The first-order valence-electron chi connectivity index (χ1n) is 8.65. The second-order valence-electron chi connectivity index (χ2n) is 7.08. The molecular weight excluding hydrogens is 288 g/mol. The zero-order valence-electron chi connectivity index (χ0n) is 13.7. The third-order valence-electron chi connectivity index (χ3n) is 5.86. The lowest BCUT2D eigenvalue weighted by molar-refractivity contribution is -0.136. The van der Waals surface area contributed by atoms with E-state index in [2.05, 4.69) is 40.8 Å². The summed E-state index contributed by atoms with van der Waals surface area (Å²) >= 11 is 0. The predicted molar refractivity (Wildman–Crippen MR) is 90.8 cm³/mol. The SMILES string of the molecule is Cn1c(C2CN3CCC2CC3)c(CCC(=O)O)c2ccccc21. The lowest BCUT2D eigenvalue weighted by Crippen LogP contribution is -2.46. The smallest absolute Gasteiger partial charge is 0.303 e. The summed E-state index contributed by atoms with van der Waals surface area (Å²) in [5.41, 5.74) is 3.89. The molecule has 0 radical (unpaired) electrons. The summed E-state index contributed by atoms with van der Waals surface area (Å²) in [4.78, 5) is 13.7. The van der Waals surface area contributed by atoms with Gasteiger partial charge in [-0.3, -0.25) is 4.79 Å². The molecule has 2 aromatic rings. The maximum absolute atomic E-state index is 11.1. The number of para-hydroxylation sites is 1. The minimum absolute atomic E-state index is 0.210. The molecule has 1 aromatic carbocycles. The summed E-state index contributed by atoms with van der Waals surface area (Å²) in [6.45, 7) is 3.60. The van der Waals surface area contributed by atoms with Crippen molar-refractivity contribution in [3.05, 3.63) is 35.5 Å². The Balaban J connectivity index is 1.82. The van der Waals surface area contributed by atoms with Crippen molar-refractivity contribution < 1.29 is 9.90 Å². The molecule has 23 heavy (non-hydrogen) atoms. The Hall–Kier alpha value is -1.81. The van der Waals surface area contributed by atoms with Gasteiger partial charge in [0.2, 0.25) is 0 Å². The molecule has 3 fully saturated rings. The van der Waals surface area contributed by atoms with Crippen LogP contribution in [0.4, 0.5) is 0 Å². The molecule has 4 heteroatoms. The van der Waals surface area contributed by atoms with Crippen molar-refractivity contribution >= 4 is 16.9 Å². The van der Waals surface area contributed by atoms with E-state index < -0.39 is 5.97 Å². The van der Waals surface area contributed by atoms with Gasteiger partial charge >= 0.3 is 5.97 Å². The highest BCUT2D eigenvalue weighted by Crippen LogP contribution is 2.42. The van der Waals surface area contributed by atoms with Crippen molar-refractivity contribution in [2.24, 2.45) is 13.0 Å². The largest absolute Gasteiger partial charge is 0.481 e. The van der Waals surface area contributed by atoms with Gasteiger partial charge in [0, 0.05) is 42.5 Å². The molecule has 1 atom stereocenters. The third kappa shape index (κ3) is 2.45. The summed E-state index contributed by atoms with van der Waals surface area (Å²) in [6.07, 6.45) is 3.41. The van der Waals surface area contributed by atoms with Crippen LogP contribution in [0.25, 0.3) is 10.9 Å². The molecule has 122 valence electrons. The number of hydrogen-bond donors (Lipinski definition) is 1. The molecule has 3 aliphatic rings. The minimum Gasteiger partial charge on any atom is -0.481 e. The first-order valence-corrected chi connectivity index (χ1v) is 8.65. The van der Waals surface area contributed by atoms with Crippen LogP contribution in [-0.2, 0) is 18.3 Å². The number of carboxylic acids is 1. The Morgan fingerprint density at radius 2 is 2.00 bits per heavy atom. The topological polar surface area (TPSA) is 45.5 Å². The standard InChI is InChI=1S/C19H24N2O2/c1-20-17-5-3-2-4-14(17)15(6-7-18(22)23)19(20)16-12-21-10-8-13(16)9-11-21/h2-5,13,16H,6-12H2,1H3,(H,22,23). The van der Waals surface area contributed by atoms with Crippen LogP contribution in [-0.4, -0.2) is 40.2 Å². The zero-order chi connectivity index (χ0) is 16.0. The van der Waals surface area contributed by atoms with Crippen LogP contribution < -0.4 is 0 Å². The first kappa shape index (κ1) is 14.8. The molecule has 0 spiro atoms. The van der Waals surface area contributed by atoms with Crippen molar-refractivity contribution in [3.8, 4) is 0 Å². The molecule has 1 aromatic heterocycles. The van der Waals surface area contributed by atoms with Crippen LogP contribution in [0, 0.1) is 5.92 Å². The number of piperidine rings is 3. The number of aromatic nitrogens is 1. The van der Waals surface area contributed by atoms with Gasteiger partial charge < -0.3 is 14.6 Å². The van der Waals surface area contributed by atoms with E-state index in [1.807, 2.05) is 0 Å². The van der Waals surface area contributed by atoms with Gasteiger partial charge in [0.25, 0.3) is 0 Å². The van der Waals surface area contributed by atoms with E-state index in [1.165, 1.54) is 48.1 Å². The Labute approximate surface area is 136 Å². The average molecular weight is 312 g/mol. The van der Waals surface area contributed by atoms with Gasteiger partial charge in [-0.2, -0.15) is 0 Å². The molecule has 2 bridgehead atoms. The highest BCUT2D eigenvalue weighted by molar-refractivity contribution is 5.86. The van der Waals surface area contributed by atoms with Crippen LogP contribution in [0.1, 0.15) is 36.4 Å². The summed E-state index contributed by atoms with van der Waals surface area (Å²) in [7, 11) is 2.15. The summed E-state index contributed by atoms with van der Waals surface area (Å²) < 4.78 is 2.33. The van der Waals surface area contributed by atoms with Crippen LogP contribution in [0.15, 0.2) is 24.3 Å². The number of carboxylic acid groups (broad SMARTS) is 1. The Bertz CT molecular complexity index is 741. The first-order chi connectivity index (χ1) is 11.1. The fraction of sp³-hybridized carbons (Fsp3) is 0.526. The average Bonchev–Trinajstić information content (AvgIpc) is 2.86. The fourth-order valence-corrected chi connectivity index (χ4v) is 4.73. The monoisotopic (exact) mass is 312 g/mol. The third-order valence-corrected chi connectivity index (χ3v) is 5.86. The molecule has 0 aliphatic carbocycles.